The monoisotopic (exact) mass is 254 g/mol. The smallest absolute Gasteiger partial charge is 0.260 e. The summed E-state index contributed by atoms with van der Waals surface area (Å²) in [5.41, 5.74) is 10.0. The van der Waals surface area contributed by atoms with Crippen LogP contribution in [0.15, 0.2) is 42.5 Å². The quantitative estimate of drug-likeness (QED) is 0.837. The predicted molar refractivity (Wildman–Crippen MR) is 79.5 cm³/mol. The number of benzene rings is 2. The van der Waals surface area contributed by atoms with E-state index in [1.807, 2.05) is 50.2 Å². The fourth-order valence-corrected chi connectivity index (χ4v) is 2.01. The Morgan fingerprint density at radius 3 is 2.37 bits per heavy atom. The highest BCUT2D eigenvalue weighted by Crippen LogP contribution is 2.20. The minimum absolute atomic E-state index is 0.0944. The van der Waals surface area contributed by atoms with Crippen LogP contribution in [-0.2, 0) is 0 Å². The summed E-state index contributed by atoms with van der Waals surface area (Å²) in [6.07, 6.45) is 0. The molecular weight excluding hydrogens is 236 g/mol. The van der Waals surface area contributed by atoms with Crippen molar-refractivity contribution in [2.75, 3.05) is 17.7 Å². The van der Waals surface area contributed by atoms with Crippen molar-refractivity contribution in [1.82, 2.24) is 0 Å². The highest BCUT2D eigenvalue weighted by atomic mass is 16.2. The molecule has 0 saturated carbocycles. The van der Waals surface area contributed by atoms with Crippen LogP contribution < -0.4 is 10.6 Å². The van der Waals surface area contributed by atoms with Crippen molar-refractivity contribution in [1.29, 1.82) is 0 Å². The lowest BCUT2D eigenvalue weighted by Crippen LogP contribution is -2.27. The van der Waals surface area contributed by atoms with Crippen LogP contribution in [0.25, 0.3) is 0 Å². The Balaban J connectivity index is 2.33. The average Bonchev–Trinajstić information content (AvgIpc) is 2.37. The van der Waals surface area contributed by atoms with Crippen molar-refractivity contribution in [2.24, 2.45) is 0 Å². The van der Waals surface area contributed by atoms with Gasteiger partial charge in [-0.05, 0) is 49.2 Å². The Kier molecular flexibility index (Phi) is 3.56. The molecule has 98 valence electrons. The molecule has 1 amide bonds. The Morgan fingerprint density at radius 1 is 1.05 bits per heavy atom. The third-order valence-corrected chi connectivity index (χ3v) is 3.13. The molecule has 19 heavy (non-hydrogen) atoms. The lowest BCUT2D eigenvalue weighted by Gasteiger charge is -2.19. The number of hydrogen-bond acceptors (Lipinski definition) is 2. The molecule has 2 rings (SSSR count). The molecule has 2 aromatic carbocycles. The van der Waals surface area contributed by atoms with E-state index in [4.69, 9.17) is 5.73 Å². The minimum Gasteiger partial charge on any atom is -0.398 e. The number of aryl methyl sites for hydroxylation is 2. The molecule has 0 aromatic heterocycles. The molecule has 2 aromatic rings. The number of hydrogen-bond donors (Lipinski definition) is 1. The van der Waals surface area contributed by atoms with Gasteiger partial charge in [0.2, 0.25) is 0 Å². The van der Waals surface area contributed by atoms with Crippen molar-refractivity contribution < 1.29 is 4.79 Å². The van der Waals surface area contributed by atoms with Crippen LogP contribution in [0, 0.1) is 13.8 Å². The minimum atomic E-state index is -0.0944. The van der Waals surface area contributed by atoms with Gasteiger partial charge in [0, 0.05) is 18.4 Å². The Hall–Kier alpha value is -2.29. The van der Waals surface area contributed by atoms with Gasteiger partial charge in [0.15, 0.2) is 0 Å². The normalized spacial score (nSPS) is 10.3. The molecular formula is C16H18N2O. The largest absolute Gasteiger partial charge is 0.398 e. The molecule has 0 aliphatic heterocycles. The first kappa shape index (κ1) is 13.1. The van der Waals surface area contributed by atoms with E-state index in [0.29, 0.717) is 11.3 Å². The zero-order valence-corrected chi connectivity index (χ0v) is 11.5. The lowest BCUT2D eigenvalue weighted by molar-refractivity contribution is 0.0994. The molecule has 0 heterocycles. The summed E-state index contributed by atoms with van der Waals surface area (Å²) in [6, 6.07) is 13.3. The first-order valence-corrected chi connectivity index (χ1v) is 6.20. The van der Waals surface area contributed by atoms with Gasteiger partial charge in [0.25, 0.3) is 5.91 Å². The fraction of sp³-hybridized carbons (Fsp3) is 0.188. The number of amides is 1. The van der Waals surface area contributed by atoms with Crippen molar-refractivity contribution >= 4 is 17.3 Å². The Morgan fingerprint density at radius 2 is 1.74 bits per heavy atom. The van der Waals surface area contributed by atoms with Crippen molar-refractivity contribution in [2.45, 2.75) is 13.8 Å². The SMILES string of the molecule is Cc1cccc(N(C)C(=O)c2ccc(C)cc2N)c1. The van der Waals surface area contributed by atoms with Crippen molar-refractivity contribution in [3.63, 3.8) is 0 Å². The van der Waals surface area contributed by atoms with Gasteiger partial charge in [-0.15, -0.1) is 0 Å². The average molecular weight is 254 g/mol. The topological polar surface area (TPSA) is 46.3 Å². The van der Waals surface area contributed by atoms with Crippen LogP contribution in [-0.4, -0.2) is 13.0 Å². The van der Waals surface area contributed by atoms with Gasteiger partial charge in [-0.25, -0.2) is 0 Å². The Bertz CT molecular complexity index is 620. The summed E-state index contributed by atoms with van der Waals surface area (Å²) in [7, 11) is 1.76. The molecule has 3 nitrogen and oxygen atoms in total. The number of anilines is 2. The van der Waals surface area contributed by atoms with Gasteiger partial charge < -0.3 is 10.6 Å². The van der Waals surface area contributed by atoms with Crippen LogP contribution in [0.4, 0.5) is 11.4 Å². The third-order valence-electron chi connectivity index (χ3n) is 3.13. The maximum Gasteiger partial charge on any atom is 0.260 e. The van der Waals surface area contributed by atoms with Gasteiger partial charge in [0.1, 0.15) is 0 Å². The summed E-state index contributed by atoms with van der Waals surface area (Å²) >= 11 is 0. The molecule has 0 unspecified atom stereocenters. The molecule has 0 fully saturated rings. The molecule has 0 spiro atoms. The van der Waals surface area contributed by atoms with E-state index < -0.39 is 0 Å². The third kappa shape index (κ3) is 2.76. The predicted octanol–water partition coefficient (Wildman–Crippen LogP) is 3.16. The first-order chi connectivity index (χ1) is 8.99. The van der Waals surface area contributed by atoms with Gasteiger partial charge in [-0.3, -0.25) is 4.79 Å². The van der Waals surface area contributed by atoms with E-state index in [1.165, 1.54) is 0 Å². The first-order valence-electron chi connectivity index (χ1n) is 6.20. The maximum atomic E-state index is 12.4. The van der Waals surface area contributed by atoms with Crippen LogP contribution in [0.1, 0.15) is 21.5 Å². The molecule has 0 aliphatic rings. The van der Waals surface area contributed by atoms with Crippen molar-refractivity contribution in [3.05, 3.63) is 59.2 Å². The van der Waals surface area contributed by atoms with E-state index in [9.17, 15) is 4.79 Å². The summed E-state index contributed by atoms with van der Waals surface area (Å²) in [6.45, 7) is 3.96. The molecule has 0 bridgehead atoms. The number of nitrogens with two attached hydrogens (primary N) is 1. The van der Waals surface area contributed by atoms with Crippen LogP contribution in [0.5, 0.6) is 0 Å². The van der Waals surface area contributed by atoms with Crippen LogP contribution in [0.2, 0.25) is 0 Å². The maximum absolute atomic E-state index is 12.4. The van der Waals surface area contributed by atoms with Crippen LogP contribution in [0.3, 0.4) is 0 Å². The molecule has 0 aliphatic carbocycles. The number of nitrogens with zero attached hydrogens (tertiary/aromatic N) is 1. The van der Waals surface area contributed by atoms with Gasteiger partial charge >= 0.3 is 0 Å². The number of rotatable bonds is 2. The second-order valence-electron chi connectivity index (χ2n) is 4.79. The van der Waals surface area contributed by atoms with Gasteiger partial charge in [-0.2, -0.15) is 0 Å². The number of nitrogen functional groups attached to an aromatic ring is 1. The number of carbonyl (C=O) groups excluding carboxylic acids is 1. The molecule has 3 heteroatoms. The summed E-state index contributed by atoms with van der Waals surface area (Å²) < 4.78 is 0. The highest BCUT2D eigenvalue weighted by Gasteiger charge is 2.16. The van der Waals surface area contributed by atoms with E-state index in [0.717, 1.165) is 16.8 Å². The highest BCUT2D eigenvalue weighted by molar-refractivity contribution is 6.09. The van der Waals surface area contributed by atoms with E-state index in [2.05, 4.69) is 0 Å². The summed E-state index contributed by atoms with van der Waals surface area (Å²) in [5.74, 6) is -0.0944. The second-order valence-corrected chi connectivity index (χ2v) is 4.79. The summed E-state index contributed by atoms with van der Waals surface area (Å²) in [4.78, 5) is 14.1. The van der Waals surface area contributed by atoms with Gasteiger partial charge in [-0.1, -0.05) is 18.2 Å². The van der Waals surface area contributed by atoms with E-state index in [-0.39, 0.29) is 5.91 Å². The lowest BCUT2D eigenvalue weighted by atomic mass is 10.1. The van der Waals surface area contributed by atoms with Gasteiger partial charge in [0.05, 0.1) is 5.56 Å². The zero-order valence-electron chi connectivity index (χ0n) is 11.5. The standard InChI is InChI=1S/C16H18N2O/c1-11-5-4-6-13(9-11)18(3)16(19)14-8-7-12(2)10-15(14)17/h4-10H,17H2,1-3H3. The molecule has 0 radical (unpaired) electrons. The fourth-order valence-electron chi connectivity index (χ4n) is 2.01. The zero-order chi connectivity index (χ0) is 14.0. The van der Waals surface area contributed by atoms with Crippen molar-refractivity contribution in [3.8, 4) is 0 Å². The molecule has 0 saturated heterocycles. The summed E-state index contributed by atoms with van der Waals surface area (Å²) in [5, 5.41) is 0. The van der Waals surface area contributed by atoms with E-state index >= 15 is 0 Å². The Labute approximate surface area is 113 Å². The van der Waals surface area contributed by atoms with Crippen LogP contribution >= 0.6 is 0 Å². The second kappa shape index (κ2) is 5.14. The molecule has 0 atom stereocenters. The number of carbonyl (C=O) groups is 1. The molecule has 2 N–H and O–H groups in total. The van der Waals surface area contributed by atoms with E-state index in [1.54, 1.807) is 18.0 Å².